The van der Waals surface area contributed by atoms with Crippen molar-refractivity contribution in [1.82, 2.24) is 10.6 Å². The SMILES string of the molecule is O=C(NCCCS(=O)(=O)c1ccccc1)c1ccc(CNC(=O)C23CC4CC(CC(C4)C2)C3)cc1. The van der Waals surface area contributed by atoms with Gasteiger partial charge in [-0.2, -0.15) is 0 Å². The molecule has 0 atom stereocenters. The average molecular weight is 495 g/mol. The lowest BCUT2D eigenvalue weighted by Crippen LogP contribution is -2.53. The molecule has 2 amide bonds. The lowest BCUT2D eigenvalue weighted by Gasteiger charge is -2.55. The fourth-order valence-electron chi connectivity index (χ4n) is 6.84. The molecule has 6 rings (SSSR count). The molecule has 2 aromatic rings. The van der Waals surface area contributed by atoms with E-state index in [2.05, 4.69) is 10.6 Å². The van der Waals surface area contributed by atoms with Crippen LogP contribution in [0, 0.1) is 23.2 Å². The number of amides is 2. The Morgan fingerprint density at radius 3 is 2.03 bits per heavy atom. The lowest BCUT2D eigenvalue weighted by molar-refractivity contribution is -0.146. The first-order chi connectivity index (χ1) is 16.8. The first-order valence-corrected chi connectivity index (χ1v) is 14.4. The number of benzene rings is 2. The van der Waals surface area contributed by atoms with E-state index in [1.165, 1.54) is 19.3 Å². The summed E-state index contributed by atoms with van der Waals surface area (Å²) >= 11 is 0. The van der Waals surface area contributed by atoms with Gasteiger partial charge >= 0.3 is 0 Å². The summed E-state index contributed by atoms with van der Waals surface area (Å²) in [7, 11) is -3.34. The van der Waals surface area contributed by atoms with Crippen LogP contribution in [0.15, 0.2) is 59.5 Å². The summed E-state index contributed by atoms with van der Waals surface area (Å²) in [5.74, 6) is 2.18. The van der Waals surface area contributed by atoms with Crippen LogP contribution in [0.5, 0.6) is 0 Å². The van der Waals surface area contributed by atoms with E-state index < -0.39 is 9.84 Å². The number of carbonyl (C=O) groups is 2. The van der Waals surface area contributed by atoms with Gasteiger partial charge in [0.1, 0.15) is 0 Å². The standard InChI is InChI=1S/C28H34N2O4S/c31-26(29-11-4-12-35(33,34)25-5-2-1-3-6-25)24-9-7-20(8-10-24)19-30-27(32)28-16-21-13-22(17-28)15-23(14-21)18-28/h1-3,5-10,21-23H,4,11-19H2,(H,29,31)(H,30,32). The topological polar surface area (TPSA) is 92.3 Å². The Labute approximate surface area is 207 Å². The third-order valence-corrected chi connectivity index (χ3v) is 9.98. The molecule has 0 unspecified atom stereocenters. The highest BCUT2D eigenvalue weighted by atomic mass is 32.2. The Hall–Kier alpha value is -2.67. The molecule has 4 saturated carbocycles. The minimum absolute atomic E-state index is 0.0142. The fourth-order valence-corrected chi connectivity index (χ4v) is 8.18. The van der Waals surface area contributed by atoms with E-state index in [0.29, 0.717) is 23.4 Å². The summed E-state index contributed by atoms with van der Waals surface area (Å²) in [6.07, 6.45) is 7.46. The first kappa shape index (κ1) is 24.0. The van der Waals surface area contributed by atoms with Gasteiger partial charge in [0.15, 0.2) is 9.84 Å². The normalized spacial score (nSPS) is 26.9. The maximum absolute atomic E-state index is 13.1. The Morgan fingerprint density at radius 2 is 1.43 bits per heavy atom. The molecule has 0 aromatic heterocycles. The van der Waals surface area contributed by atoms with Crippen molar-refractivity contribution in [3.63, 3.8) is 0 Å². The molecule has 4 aliphatic carbocycles. The van der Waals surface area contributed by atoms with Crippen molar-refractivity contribution in [2.24, 2.45) is 23.2 Å². The summed E-state index contributed by atoms with van der Waals surface area (Å²) in [5.41, 5.74) is 1.34. The molecule has 35 heavy (non-hydrogen) atoms. The van der Waals surface area contributed by atoms with Gasteiger partial charge in [0, 0.05) is 24.1 Å². The molecular weight excluding hydrogens is 460 g/mol. The number of carbonyl (C=O) groups excluding carboxylic acids is 2. The molecule has 0 radical (unpaired) electrons. The number of rotatable bonds is 9. The van der Waals surface area contributed by atoms with E-state index in [-0.39, 0.29) is 29.5 Å². The van der Waals surface area contributed by atoms with Crippen LogP contribution in [0.3, 0.4) is 0 Å². The summed E-state index contributed by atoms with van der Waals surface area (Å²) in [4.78, 5) is 25.9. The average Bonchev–Trinajstić information content (AvgIpc) is 2.85. The van der Waals surface area contributed by atoms with E-state index >= 15 is 0 Å². The van der Waals surface area contributed by atoms with Crippen molar-refractivity contribution >= 4 is 21.7 Å². The second kappa shape index (κ2) is 9.76. The van der Waals surface area contributed by atoms with Gasteiger partial charge < -0.3 is 10.6 Å². The molecule has 7 heteroatoms. The number of nitrogens with one attached hydrogen (secondary N) is 2. The van der Waals surface area contributed by atoms with Gasteiger partial charge in [-0.05, 0) is 92.5 Å². The highest BCUT2D eigenvalue weighted by Crippen LogP contribution is 2.60. The van der Waals surface area contributed by atoms with Gasteiger partial charge in [0.05, 0.1) is 10.6 Å². The Morgan fingerprint density at radius 1 is 0.829 bits per heavy atom. The maximum atomic E-state index is 13.1. The zero-order valence-corrected chi connectivity index (χ0v) is 20.9. The molecule has 4 bridgehead atoms. The Kier molecular flexibility index (Phi) is 6.71. The van der Waals surface area contributed by atoms with E-state index in [1.54, 1.807) is 42.5 Å². The Bertz CT molecular complexity index is 1140. The lowest BCUT2D eigenvalue weighted by atomic mass is 9.49. The van der Waals surface area contributed by atoms with Crippen LogP contribution in [0.25, 0.3) is 0 Å². The molecule has 4 fully saturated rings. The molecule has 2 aromatic carbocycles. The molecule has 0 spiro atoms. The minimum atomic E-state index is -3.34. The van der Waals surface area contributed by atoms with Crippen molar-refractivity contribution in [2.75, 3.05) is 12.3 Å². The molecule has 0 aliphatic heterocycles. The quantitative estimate of drug-likeness (QED) is 0.513. The molecule has 0 heterocycles. The Balaban J connectivity index is 1.07. The van der Waals surface area contributed by atoms with Gasteiger partial charge in [0.25, 0.3) is 5.91 Å². The van der Waals surface area contributed by atoms with Crippen LogP contribution >= 0.6 is 0 Å². The second-order valence-corrected chi connectivity index (χ2v) is 12.9. The summed E-state index contributed by atoms with van der Waals surface area (Å²) < 4.78 is 24.7. The molecule has 2 N–H and O–H groups in total. The summed E-state index contributed by atoms with van der Waals surface area (Å²) in [5, 5.41) is 5.97. The molecule has 186 valence electrons. The minimum Gasteiger partial charge on any atom is -0.352 e. The fraction of sp³-hybridized carbons (Fsp3) is 0.500. The van der Waals surface area contributed by atoms with Gasteiger partial charge in [-0.3, -0.25) is 9.59 Å². The van der Waals surface area contributed by atoms with E-state index in [0.717, 1.165) is 42.6 Å². The molecule has 0 saturated heterocycles. The van der Waals surface area contributed by atoms with Crippen LogP contribution in [0.4, 0.5) is 0 Å². The number of hydrogen-bond donors (Lipinski definition) is 2. The largest absolute Gasteiger partial charge is 0.352 e. The van der Waals surface area contributed by atoms with E-state index in [4.69, 9.17) is 0 Å². The van der Waals surface area contributed by atoms with E-state index in [1.807, 2.05) is 12.1 Å². The monoisotopic (exact) mass is 494 g/mol. The maximum Gasteiger partial charge on any atom is 0.251 e. The highest BCUT2D eigenvalue weighted by molar-refractivity contribution is 7.91. The third-order valence-electron chi connectivity index (χ3n) is 8.17. The molecular formula is C28H34N2O4S. The van der Waals surface area contributed by atoms with Crippen LogP contribution in [-0.2, 0) is 21.2 Å². The van der Waals surface area contributed by atoms with Crippen molar-refractivity contribution in [3.05, 3.63) is 65.7 Å². The predicted molar refractivity (Wildman–Crippen MR) is 134 cm³/mol. The second-order valence-electron chi connectivity index (χ2n) is 10.8. The first-order valence-electron chi connectivity index (χ1n) is 12.8. The summed E-state index contributed by atoms with van der Waals surface area (Å²) in [6.45, 7) is 0.758. The zero-order chi connectivity index (χ0) is 24.5. The third kappa shape index (κ3) is 5.30. The van der Waals surface area contributed by atoms with Crippen LogP contribution in [0.2, 0.25) is 0 Å². The predicted octanol–water partition coefficient (Wildman–Crippen LogP) is 4.11. The van der Waals surface area contributed by atoms with Gasteiger partial charge in [-0.1, -0.05) is 30.3 Å². The van der Waals surface area contributed by atoms with Crippen LogP contribution in [0.1, 0.15) is 60.9 Å². The van der Waals surface area contributed by atoms with Crippen LogP contribution in [-0.4, -0.2) is 32.5 Å². The number of sulfone groups is 1. The van der Waals surface area contributed by atoms with Crippen molar-refractivity contribution in [1.29, 1.82) is 0 Å². The van der Waals surface area contributed by atoms with E-state index in [9.17, 15) is 18.0 Å². The summed E-state index contributed by atoms with van der Waals surface area (Å²) in [6, 6.07) is 15.6. The van der Waals surface area contributed by atoms with Crippen LogP contribution < -0.4 is 10.6 Å². The van der Waals surface area contributed by atoms with Crippen molar-refractivity contribution in [3.8, 4) is 0 Å². The highest BCUT2D eigenvalue weighted by Gasteiger charge is 2.54. The van der Waals surface area contributed by atoms with Gasteiger partial charge in [0.2, 0.25) is 5.91 Å². The molecule has 4 aliphatic rings. The van der Waals surface area contributed by atoms with Gasteiger partial charge in [-0.15, -0.1) is 0 Å². The number of hydrogen-bond acceptors (Lipinski definition) is 4. The van der Waals surface area contributed by atoms with Crippen molar-refractivity contribution in [2.45, 2.75) is 56.4 Å². The smallest absolute Gasteiger partial charge is 0.251 e. The van der Waals surface area contributed by atoms with Gasteiger partial charge in [-0.25, -0.2) is 8.42 Å². The zero-order valence-electron chi connectivity index (χ0n) is 20.0. The van der Waals surface area contributed by atoms with Crippen molar-refractivity contribution < 1.29 is 18.0 Å². The molecule has 6 nitrogen and oxygen atoms in total.